The zero-order valence-corrected chi connectivity index (χ0v) is 23.3. The predicted octanol–water partition coefficient (Wildman–Crippen LogP) is 6.93. The third kappa shape index (κ3) is 7.39. The molecule has 2 amide bonds. The SMILES string of the molecule is CC[C@@H](C(=O)NC1CCCCC1)N(Cc1c(Cl)cccc1Cl)C(=O)COc1ccccc1C(C)(C)C. The highest BCUT2D eigenvalue weighted by Gasteiger charge is 2.32. The summed E-state index contributed by atoms with van der Waals surface area (Å²) < 4.78 is 6.04. The molecule has 3 rings (SSSR count). The number of halogens is 2. The predicted molar refractivity (Wildman–Crippen MR) is 147 cm³/mol. The van der Waals surface area contributed by atoms with Crippen LogP contribution in [0.1, 0.15) is 77.3 Å². The second kappa shape index (κ2) is 12.8. The number of amides is 2. The maximum absolute atomic E-state index is 13.6. The largest absolute Gasteiger partial charge is 0.483 e. The second-order valence-electron chi connectivity index (χ2n) is 10.5. The minimum atomic E-state index is -0.659. The minimum Gasteiger partial charge on any atom is -0.483 e. The van der Waals surface area contributed by atoms with Crippen molar-refractivity contribution in [2.45, 2.75) is 90.3 Å². The monoisotopic (exact) mass is 532 g/mol. The van der Waals surface area contributed by atoms with Gasteiger partial charge in [0.15, 0.2) is 6.61 Å². The van der Waals surface area contributed by atoms with E-state index in [9.17, 15) is 9.59 Å². The first-order valence-electron chi connectivity index (χ1n) is 12.9. The molecule has 1 saturated carbocycles. The van der Waals surface area contributed by atoms with Gasteiger partial charge in [-0.25, -0.2) is 0 Å². The fourth-order valence-electron chi connectivity index (χ4n) is 4.75. The van der Waals surface area contributed by atoms with Crippen LogP contribution >= 0.6 is 23.2 Å². The Morgan fingerprint density at radius 2 is 1.67 bits per heavy atom. The third-order valence-corrected chi connectivity index (χ3v) is 7.48. The number of carbonyl (C=O) groups is 2. The highest BCUT2D eigenvalue weighted by atomic mass is 35.5. The topological polar surface area (TPSA) is 58.6 Å². The average molecular weight is 534 g/mol. The summed E-state index contributed by atoms with van der Waals surface area (Å²) in [7, 11) is 0. The molecule has 36 heavy (non-hydrogen) atoms. The molecule has 1 aliphatic carbocycles. The number of ether oxygens (including phenoxy) is 1. The number of hydrogen-bond acceptors (Lipinski definition) is 3. The molecule has 1 atom stereocenters. The zero-order chi connectivity index (χ0) is 26.3. The molecule has 2 aromatic carbocycles. The van der Waals surface area contributed by atoms with Crippen molar-refractivity contribution >= 4 is 35.0 Å². The molecule has 0 unspecified atom stereocenters. The number of nitrogens with one attached hydrogen (secondary N) is 1. The molecule has 0 spiro atoms. The van der Waals surface area contributed by atoms with Gasteiger partial charge in [-0.15, -0.1) is 0 Å². The normalized spacial score (nSPS) is 15.3. The average Bonchev–Trinajstić information content (AvgIpc) is 2.84. The quantitative estimate of drug-likeness (QED) is 0.381. The van der Waals surface area contributed by atoms with E-state index in [0.29, 0.717) is 27.8 Å². The van der Waals surface area contributed by atoms with Gasteiger partial charge in [0.05, 0.1) is 0 Å². The highest BCUT2D eigenvalue weighted by molar-refractivity contribution is 6.36. The number of para-hydroxylation sites is 1. The summed E-state index contributed by atoms with van der Waals surface area (Å²) in [6, 6.07) is 12.5. The fourth-order valence-corrected chi connectivity index (χ4v) is 5.27. The Hall–Kier alpha value is -2.24. The molecule has 0 aromatic heterocycles. The van der Waals surface area contributed by atoms with Crippen molar-refractivity contribution in [3.63, 3.8) is 0 Å². The molecule has 0 aliphatic heterocycles. The van der Waals surface area contributed by atoms with Crippen molar-refractivity contribution in [1.82, 2.24) is 10.2 Å². The van der Waals surface area contributed by atoms with Crippen LogP contribution in [0.3, 0.4) is 0 Å². The van der Waals surface area contributed by atoms with Crippen molar-refractivity contribution in [3.8, 4) is 5.75 Å². The van der Waals surface area contributed by atoms with E-state index in [2.05, 4.69) is 26.1 Å². The molecular weight excluding hydrogens is 495 g/mol. The van der Waals surface area contributed by atoms with E-state index in [1.54, 1.807) is 23.1 Å². The summed E-state index contributed by atoms with van der Waals surface area (Å²) in [5, 5.41) is 4.10. The van der Waals surface area contributed by atoms with Gasteiger partial charge in [0.1, 0.15) is 11.8 Å². The Labute approximate surface area is 225 Å². The lowest BCUT2D eigenvalue weighted by molar-refractivity contribution is -0.143. The highest BCUT2D eigenvalue weighted by Crippen LogP contribution is 2.31. The van der Waals surface area contributed by atoms with Gasteiger partial charge in [-0.05, 0) is 48.4 Å². The fraction of sp³-hybridized carbons (Fsp3) is 0.517. The molecular formula is C29H38Cl2N2O3. The molecule has 2 aromatic rings. The van der Waals surface area contributed by atoms with Crippen molar-refractivity contribution in [3.05, 3.63) is 63.6 Å². The summed E-state index contributed by atoms with van der Waals surface area (Å²) in [4.78, 5) is 28.6. The molecule has 5 nitrogen and oxygen atoms in total. The van der Waals surface area contributed by atoms with Crippen LogP contribution in [0.15, 0.2) is 42.5 Å². The van der Waals surface area contributed by atoms with Gasteiger partial charge in [-0.2, -0.15) is 0 Å². The lowest BCUT2D eigenvalue weighted by Crippen LogP contribution is -2.52. The van der Waals surface area contributed by atoms with Crippen LogP contribution in [-0.2, 0) is 21.5 Å². The number of nitrogens with zero attached hydrogens (tertiary/aromatic N) is 1. The number of rotatable bonds is 9. The van der Waals surface area contributed by atoms with Crippen LogP contribution < -0.4 is 10.1 Å². The second-order valence-corrected chi connectivity index (χ2v) is 11.3. The van der Waals surface area contributed by atoms with Crippen LogP contribution in [0.25, 0.3) is 0 Å². The van der Waals surface area contributed by atoms with E-state index in [1.165, 1.54) is 6.42 Å². The molecule has 1 aliphatic rings. The van der Waals surface area contributed by atoms with Crippen molar-refractivity contribution < 1.29 is 14.3 Å². The molecule has 0 saturated heterocycles. The van der Waals surface area contributed by atoms with Crippen molar-refractivity contribution in [2.75, 3.05) is 6.61 Å². The Kier molecular flexibility index (Phi) is 10.1. The van der Waals surface area contributed by atoms with Crippen molar-refractivity contribution in [2.24, 2.45) is 0 Å². The first-order chi connectivity index (χ1) is 17.1. The molecule has 7 heteroatoms. The standard InChI is InChI=1S/C29H38Cl2N2O3/c1-5-25(28(35)32-20-12-7-6-8-13-20)33(18-21-23(30)15-11-16-24(21)31)27(34)19-36-26-17-10-9-14-22(26)29(2,3)4/h9-11,14-17,20,25H,5-8,12-13,18-19H2,1-4H3,(H,32,35)/t25-/m0/s1. The van der Waals surface area contributed by atoms with Crippen molar-refractivity contribution in [1.29, 1.82) is 0 Å². The maximum atomic E-state index is 13.6. The summed E-state index contributed by atoms with van der Waals surface area (Å²) >= 11 is 12.9. The summed E-state index contributed by atoms with van der Waals surface area (Å²) in [5.74, 6) is 0.227. The summed E-state index contributed by atoms with van der Waals surface area (Å²) in [6.07, 6.45) is 5.83. The molecule has 1 N–H and O–H groups in total. The number of hydrogen-bond donors (Lipinski definition) is 1. The van der Waals surface area contributed by atoms with Gasteiger partial charge < -0.3 is 15.0 Å². The van der Waals surface area contributed by atoms with Gasteiger partial charge in [0.2, 0.25) is 5.91 Å². The smallest absolute Gasteiger partial charge is 0.261 e. The number of benzene rings is 2. The molecule has 0 heterocycles. The molecule has 1 fully saturated rings. The summed E-state index contributed by atoms with van der Waals surface area (Å²) in [5.41, 5.74) is 1.49. The van der Waals surface area contributed by atoms with Crippen LogP contribution in [-0.4, -0.2) is 35.4 Å². The van der Waals surface area contributed by atoms with E-state index < -0.39 is 6.04 Å². The van der Waals surface area contributed by atoms with Gasteiger partial charge in [0.25, 0.3) is 5.91 Å². The van der Waals surface area contributed by atoms with Crippen LogP contribution in [0.2, 0.25) is 10.0 Å². The Morgan fingerprint density at radius 3 is 2.28 bits per heavy atom. The molecule has 0 radical (unpaired) electrons. The van der Waals surface area contributed by atoms with E-state index in [0.717, 1.165) is 31.2 Å². The van der Waals surface area contributed by atoms with E-state index in [-0.39, 0.29) is 36.4 Å². The lowest BCUT2D eigenvalue weighted by Gasteiger charge is -2.33. The van der Waals surface area contributed by atoms with E-state index >= 15 is 0 Å². The van der Waals surface area contributed by atoms with E-state index in [4.69, 9.17) is 27.9 Å². The van der Waals surface area contributed by atoms with Crippen LogP contribution in [0.5, 0.6) is 5.75 Å². The van der Waals surface area contributed by atoms with Crippen LogP contribution in [0.4, 0.5) is 0 Å². The maximum Gasteiger partial charge on any atom is 0.261 e. The molecule has 196 valence electrons. The Bertz CT molecular complexity index is 1020. The van der Waals surface area contributed by atoms with Gasteiger partial charge in [-0.1, -0.05) is 94.4 Å². The Morgan fingerprint density at radius 1 is 1.03 bits per heavy atom. The molecule has 0 bridgehead atoms. The van der Waals surface area contributed by atoms with Gasteiger partial charge in [0, 0.05) is 28.2 Å². The zero-order valence-electron chi connectivity index (χ0n) is 21.8. The Balaban J connectivity index is 1.85. The number of carbonyl (C=O) groups excluding carboxylic acids is 2. The first kappa shape index (κ1) is 28.3. The lowest BCUT2D eigenvalue weighted by atomic mass is 9.86. The third-order valence-electron chi connectivity index (χ3n) is 6.77. The van der Waals surface area contributed by atoms with E-state index in [1.807, 2.05) is 31.2 Å². The minimum absolute atomic E-state index is 0.123. The van der Waals surface area contributed by atoms with Gasteiger partial charge >= 0.3 is 0 Å². The summed E-state index contributed by atoms with van der Waals surface area (Å²) in [6.45, 7) is 8.15. The first-order valence-corrected chi connectivity index (χ1v) is 13.6. The van der Waals surface area contributed by atoms with Gasteiger partial charge in [-0.3, -0.25) is 9.59 Å². The van der Waals surface area contributed by atoms with Crippen LogP contribution in [0, 0.1) is 0 Å².